The lowest BCUT2D eigenvalue weighted by atomic mass is 9.91. The zero-order chi connectivity index (χ0) is 23.6. The van der Waals surface area contributed by atoms with Crippen molar-refractivity contribution in [1.82, 2.24) is 9.58 Å². The van der Waals surface area contributed by atoms with Gasteiger partial charge >= 0.3 is 0 Å². The van der Waals surface area contributed by atoms with E-state index in [0.717, 1.165) is 34.4 Å². The summed E-state index contributed by atoms with van der Waals surface area (Å²) in [6.07, 6.45) is 3.01. The number of carbonyl (C=O) groups is 1. The fraction of sp³-hybridized carbons (Fsp3) is 0.308. The Labute approximate surface area is 200 Å². The number of nitrogens with zero attached hydrogens (tertiary/aromatic N) is 3. The molecule has 0 bridgehead atoms. The highest BCUT2D eigenvalue weighted by Gasteiger charge is 2.46. The zero-order valence-corrected chi connectivity index (χ0v) is 19.5. The molecule has 6 rings (SSSR count). The summed E-state index contributed by atoms with van der Waals surface area (Å²) in [5.74, 6) is -0.221. The van der Waals surface area contributed by atoms with Crippen LogP contribution >= 0.6 is 11.8 Å². The topological polar surface area (TPSA) is 65.8 Å². The summed E-state index contributed by atoms with van der Waals surface area (Å²) in [4.78, 5) is 28.7. The number of piperidine rings is 1. The smallest absolute Gasteiger partial charge is 0.278 e. The van der Waals surface area contributed by atoms with Gasteiger partial charge in [-0.05, 0) is 53.6 Å². The Morgan fingerprint density at radius 2 is 1.88 bits per heavy atom. The molecule has 2 aromatic carbocycles. The van der Waals surface area contributed by atoms with E-state index < -0.39 is 11.2 Å². The highest BCUT2D eigenvalue weighted by Crippen LogP contribution is 2.45. The zero-order valence-electron chi connectivity index (χ0n) is 18.6. The summed E-state index contributed by atoms with van der Waals surface area (Å²) in [7, 11) is 0. The Balaban J connectivity index is 1.65. The standard InChI is InChI=1S/C26H24FN3O3S/c1-15-6-9-22-28(13-15)26(33)24-25(32)20(31)10-11-29(24)30(22)23-18-8-7-17(27)12-16(18)14-34-21-5-3-2-4-19(21)23/h2-5,7-8,10-12,15,22-23,32H,6,9,13-14H2,1H3/t15-,22-,23+/m1/s1. The maximum atomic E-state index is 14.3. The van der Waals surface area contributed by atoms with Crippen LogP contribution in [0.15, 0.2) is 64.4 Å². The molecular weight excluding hydrogens is 453 g/mol. The number of aromatic hydroxyl groups is 1. The van der Waals surface area contributed by atoms with Crippen LogP contribution in [-0.2, 0) is 5.75 Å². The van der Waals surface area contributed by atoms with E-state index in [0.29, 0.717) is 18.2 Å². The summed E-state index contributed by atoms with van der Waals surface area (Å²) in [6.45, 7) is 2.65. The van der Waals surface area contributed by atoms with Crippen LogP contribution in [0.4, 0.5) is 4.39 Å². The number of pyridine rings is 1. The summed E-state index contributed by atoms with van der Waals surface area (Å²) < 4.78 is 15.9. The van der Waals surface area contributed by atoms with Gasteiger partial charge in [-0.3, -0.25) is 19.3 Å². The predicted molar refractivity (Wildman–Crippen MR) is 128 cm³/mol. The van der Waals surface area contributed by atoms with E-state index in [2.05, 4.69) is 24.1 Å². The molecule has 0 spiro atoms. The molecule has 3 aliphatic heterocycles. The van der Waals surface area contributed by atoms with Crippen LogP contribution in [0, 0.1) is 11.7 Å². The quantitative estimate of drug-likeness (QED) is 0.568. The third-order valence-corrected chi connectivity index (χ3v) is 8.26. The summed E-state index contributed by atoms with van der Waals surface area (Å²) in [6, 6.07) is 14.0. The van der Waals surface area contributed by atoms with Crippen LogP contribution in [0.5, 0.6) is 5.75 Å². The van der Waals surface area contributed by atoms with Gasteiger partial charge in [-0.2, -0.15) is 0 Å². The molecule has 1 N–H and O–H groups in total. The minimum atomic E-state index is -0.581. The van der Waals surface area contributed by atoms with Crippen molar-refractivity contribution in [3.63, 3.8) is 0 Å². The second-order valence-electron chi connectivity index (χ2n) is 9.29. The van der Waals surface area contributed by atoms with Crippen molar-refractivity contribution < 1.29 is 14.3 Å². The van der Waals surface area contributed by atoms with Gasteiger partial charge in [0.2, 0.25) is 5.43 Å². The Hall–Kier alpha value is -3.26. The predicted octanol–water partition coefficient (Wildman–Crippen LogP) is 4.24. The molecule has 1 amide bonds. The number of aromatic nitrogens is 1. The summed E-state index contributed by atoms with van der Waals surface area (Å²) in [5, 5.41) is 12.8. The Kier molecular flexibility index (Phi) is 4.95. The second-order valence-corrected chi connectivity index (χ2v) is 10.3. The number of halogens is 1. The molecule has 1 saturated heterocycles. The van der Waals surface area contributed by atoms with Gasteiger partial charge in [-0.15, -0.1) is 11.8 Å². The first-order chi connectivity index (χ1) is 16.4. The van der Waals surface area contributed by atoms with E-state index in [9.17, 15) is 19.1 Å². The summed E-state index contributed by atoms with van der Waals surface area (Å²) in [5.41, 5.74) is 2.30. The molecule has 1 fully saturated rings. The van der Waals surface area contributed by atoms with E-state index in [1.807, 2.05) is 18.2 Å². The molecule has 8 heteroatoms. The largest absolute Gasteiger partial charge is 0.502 e. The van der Waals surface area contributed by atoms with Gasteiger partial charge in [0.05, 0.1) is 6.04 Å². The third-order valence-electron chi connectivity index (χ3n) is 7.12. The molecule has 0 unspecified atom stereocenters. The number of thioether (sulfide) groups is 1. The lowest BCUT2D eigenvalue weighted by Crippen LogP contribution is -2.64. The van der Waals surface area contributed by atoms with Gasteiger partial charge in [-0.1, -0.05) is 31.2 Å². The number of rotatable bonds is 1. The molecule has 3 atom stereocenters. The van der Waals surface area contributed by atoms with Crippen LogP contribution < -0.4 is 10.4 Å². The van der Waals surface area contributed by atoms with Gasteiger partial charge in [0.25, 0.3) is 5.91 Å². The number of benzene rings is 2. The van der Waals surface area contributed by atoms with Crippen molar-refractivity contribution in [3.05, 3.63) is 93.2 Å². The van der Waals surface area contributed by atoms with Crippen LogP contribution in [0.1, 0.15) is 53.0 Å². The maximum absolute atomic E-state index is 14.3. The fourth-order valence-corrected chi connectivity index (χ4v) is 6.61. The molecule has 4 heterocycles. The van der Waals surface area contributed by atoms with Crippen molar-refractivity contribution in [3.8, 4) is 5.75 Å². The minimum Gasteiger partial charge on any atom is -0.502 e. The molecule has 174 valence electrons. The van der Waals surface area contributed by atoms with Crippen molar-refractivity contribution in [2.75, 3.05) is 11.6 Å². The van der Waals surface area contributed by atoms with Crippen LogP contribution in [-0.4, -0.2) is 33.3 Å². The molecule has 3 aromatic rings. The summed E-state index contributed by atoms with van der Waals surface area (Å²) >= 11 is 1.66. The lowest BCUT2D eigenvalue weighted by Gasteiger charge is -2.52. The highest BCUT2D eigenvalue weighted by molar-refractivity contribution is 7.98. The highest BCUT2D eigenvalue weighted by atomic mass is 32.2. The van der Waals surface area contributed by atoms with Crippen LogP contribution in [0.25, 0.3) is 0 Å². The average Bonchev–Trinajstić information content (AvgIpc) is 2.98. The van der Waals surface area contributed by atoms with Crippen LogP contribution in [0.3, 0.4) is 0 Å². The Morgan fingerprint density at radius 3 is 2.74 bits per heavy atom. The Bertz CT molecular complexity index is 1370. The molecule has 1 aromatic heterocycles. The van der Waals surface area contributed by atoms with E-state index in [1.165, 1.54) is 12.1 Å². The molecular formula is C26H24FN3O3S. The number of carbonyl (C=O) groups excluding carboxylic acids is 1. The van der Waals surface area contributed by atoms with Gasteiger partial charge < -0.3 is 10.0 Å². The van der Waals surface area contributed by atoms with E-state index in [4.69, 9.17) is 0 Å². The number of fused-ring (bicyclic) bond motifs is 4. The molecule has 6 nitrogen and oxygen atoms in total. The maximum Gasteiger partial charge on any atom is 0.278 e. The third kappa shape index (κ3) is 3.15. The number of hydrogen-bond donors (Lipinski definition) is 1. The minimum absolute atomic E-state index is 0.0177. The van der Waals surface area contributed by atoms with Gasteiger partial charge in [0.1, 0.15) is 12.0 Å². The molecule has 0 aliphatic carbocycles. The van der Waals surface area contributed by atoms with Gasteiger partial charge in [0.15, 0.2) is 11.4 Å². The molecule has 3 aliphatic rings. The van der Waals surface area contributed by atoms with Gasteiger partial charge in [-0.25, -0.2) is 4.39 Å². The van der Waals surface area contributed by atoms with E-state index >= 15 is 0 Å². The monoisotopic (exact) mass is 477 g/mol. The van der Waals surface area contributed by atoms with E-state index in [1.54, 1.807) is 33.6 Å². The van der Waals surface area contributed by atoms with Crippen molar-refractivity contribution >= 4 is 17.7 Å². The first-order valence-electron chi connectivity index (χ1n) is 11.5. The van der Waals surface area contributed by atoms with Gasteiger partial charge in [0, 0.05) is 29.5 Å². The first-order valence-corrected chi connectivity index (χ1v) is 12.5. The molecule has 0 radical (unpaired) electrons. The second kappa shape index (κ2) is 7.91. The Morgan fingerprint density at radius 1 is 1.06 bits per heavy atom. The number of amides is 1. The first kappa shape index (κ1) is 21.3. The number of hydrogen-bond acceptors (Lipinski definition) is 5. The van der Waals surface area contributed by atoms with E-state index in [-0.39, 0.29) is 29.6 Å². The SMILES string of the molecule is C[C@@H]1CC[C@@H]2N(C1)C(=O)c1c(O)c(=O)ccn1N2[C@H]1c2ccc(F)cc2CSc2ccccc21. The van der Waals surface area contributed by atoms with Crippen molar-refractivity contribution in [2.24, 2.45) is 5.92 Å². The van der Waals surface area contributed by atoms with Crippen LogP contribution in [0.2, 0.25) is 0 Å². The normalized spacial score (nSPS) is 23.5. The van der Waals surface area contributed by atoms with Crippen molar-refractivity contribution in [2.45, 2.75) is 42.6 Å². The lowest BCUT2D eigenvalue weighted by molar-refractivity contribution is 0.0381. The van der Waals surface area contributed by atoms with Crippen molar-refractivity contribution in [1.29, 1.82) is 0 Å². The average molecular weight is 478 g/mol. The molecule has 34 heavy (non-hydrogen) atoms. The fourth-order valence-electron chi connectivity index (χ4n) is 5.53. The molecule has 0 saturated carbocycles.